The summed E-state index contributed by atoms with van der Waals surface area (Å²) in [6, 6.07) is 0.916. The molecule has 2 unspecified atom stereocenters. The van der Waals surface area contributed by atoms with Crippen molar-refractivity contribution in [2.24, 2.45) is 5.92 Å². The van der Waals surface area contributed by atoms with E-state index in [0.29, 0.717) is 0 Å². The van der Waals surface area contributed by atoms with E-state index in [1.807, 2.05) is 0 Å². The van der Waals surface area contributed by atoms with E-state index in [0.717, 1.165) is 12.0 Å². The Kier molecular flexibility index (Phi) is 3.64. The van der Waals surface area contributed by atoms with Crippen molar-refractivity contribution in [1.82, 2.24) is 5.32 Å². The fraction of sp³-hybridized carbons (Fsp3) is 0.800. The average molecular weight is 153 g/mol. The van der Waals surface area contributed by atoms with Gasteiger partial charge in [-0.2, -0.15) is 0 Å². The van der Waals surface area contributed by atoms with E-state index in [-0.39, 0.29) is 0 Å². The second-order valence-corrected chi connectivity index (χ2v) is 3.39. The van der Waals surface area contributed by atoms with Crippen molar-refractivity contribution < 1.29 is 0 Å². The number of fused-ring (bicyclic) bond motifs is 1. The SMILES string of the molecule is C1CCC2NCCC2C1.C=C. The quantitative estimate of drug-likeness (QED) is 0.527. The fourth-order valence-corrected chi connectivity index (χ4v) is 2.28. The monoisotopic (exact) mass is 153 g/mol. The third-order valence-electron chi connectivity index (χ3n) is 2.83. The molecule has 1 saturated carbocycles. The summed E-state index contributed by atoms with van der Waals surface area (Å²) in [7, 11) is 0. The summed E-state index contributed by atoms with van der Waals surface area (Å²) in [6.07, 6.45) is 7.35. The largest absolute Gasteiger partial charge is 0.314 e. The summed E-state index contributed by atoms with van der Waals surface area (Å²) in [6.45, 7) is 7.29. The maximum absolute atomic E-state index is 3.56. The Balaban J connectivity index is 0.000000281. The molecule has 2 fully saturated rings. The van der Waals surface area contributed by atoms with Crippen molar-refractivity contribution in [2.45, 2.75) is 38.1 Å². The van der Waals surface area contributed by atoms with Crippen LogP contribution in [-0.4, -0.2) is 12.6 Å². The van der Waals surface area contributed by atoms with Crippen LogP contribution in [0.4, 0.5) is 0 Å². The molecule has 1 heterocycles. The lowest BCUT2D eigenvalue weighted by Crippen LogP contribution is -2.29. The number of hydrogen-bond donors (Lipinski definition) is 1. The van der Waals surface area contributed by atoms with Gasteiger partial charge in [-0.3, -0.25) is 0 Å². The molecule has 2 rings (SSSR count). The maximum atomic E-state index is 3.56. The lowest BCUT2D eigenvalue weighted by molar-refractivity contribution is 0.326. The van der Waals surface area contributed by atoms with E-state index >= 15 is 0 Å². The van der Waals surface area contributed by atoms with E-state index in [1.54, 1.807) is 0 Å². The van der Waals surface area contributed by atoms with Gasteiger partial charge in [0.2, 0.25) is 0 Å². The maximum Gasteiger partial charge on any atom is 0.00958 e. The molecule has 1 heteroatoms. The Morgan fingerprint density at radius 2 is 1.73 bits per heavy atom. The molecule has 11 heavy (non-hydrogen) atoms. The molecule has 64 valence electrons. The first-order valence-corrected chi connectivity index (χ1v) is 4.70. The second-order valence-electron chi connectivity index (χ2n) is 3.39. The summed E-state index contributed by atoms with van der Waals surface area (Å²) >= 11 is 0. The van der Waals surface area contributed by atoms with Gasteiger partial charge < -0.3 is 5.32 Å². The van der Waals surface area contributed by atoms with Crippen LogP contribution in [0.1, 0.15) is 32.1 Å². The van der Waals surface area contributed by atoms with Crippen LogP contribution in [0.15, 0.2) is 13.2 Å². The first-order valence-electron chi connectivity index (χ1n) is 4.70. The van der Waals surface area contributed by atoms with Crippen molar-refractivity contribution in [1.29, 1.82) is 0 Å². The van der Waals surface area contributed by atoms with Crippen LogP contribution in [0.5, 0.6) is 0 Å². The van der Waals surface area contributed by atoms with Crippen LogP contribution in [0, 0.1) is 5.92 Å². The van der Waals surface area contributed by atoms with E-state index in [2.05, 4.69) is 18.5 Å². The molecule has 2 atom stereocenters. The Morgan fingerprint density at radius 3 is 2.45 bits per heavy atom. The minimum Gasteiger partial charge on any atom is -0.314 e. The second kappa shape index (κ2) is 4.55. The van der Waals surface area contributed by atoms with E-state index < -0.39 is 0 Å². The Labute approximate surface area is 69.9 Å². The molecule has 1 saturated heterocycles. The first kappa shape index (κ1) is 8.79. The molecule has 1 aliphatic heterocycles. The molecule has 0 aromatic heterocycles. The van der Waals surface area contributed by atoms with Crippen molar-refractivity contribution in [3.63, 3.8) is 0 Å². The summed E-state index contributed by atoms with van der Waals surface area (Å²) in [5.41, 5.74) is 0. The molecule has 0 aromatic rings. The van der Waals surface area contributed by atoms with Crippen LogP contribution in [0.25, 0.3) is 0 Å². The molecule has 2 aliphatic rings. The van der Waals surface area contributed by atoms with Crippen LogP contribution < -0.4 is 5.32 Å². The summed E-state index contributed by atoms with van der Waals surface area (Å²) < 4.78 is 0. The number of hydrogen-bond acceptors (Lipinski definition) is 1. The highest BCUT2D eigenvalue weighted by Gasteiger charge is 2.28. The van der Waals surface area contributed by atoms with Gasteiger partial charge >= 0.3 is 0 Å². The molecule has 0 radical (unpaired) electrons. The zero-order chi connectivity index (χ0) is 8.10. The van der Waals surface area contributed by atoms with Crippen molar-refractivity contribution in [3.8, 4) is 0 Å². The van der Waals surface area contributed by atoms with Gasteiger partial charge in [0, 0.05) is 6.04 Å². The molecule has 1 nitrogen and oxygen atoms in total. The number of rotatable bonds is 0. The lowest BCUT2D eigenvalue weighted by Gasteiger charge is -2.24. The summed E-state index contributed by atoms with van der Waals surface area (Å²) in [5, 5.41) is 3.56. The topological polar surface area (TPSA) is 12.0 Å². The summed E-state index contributed by atoms with van der Waals surface area (Å²) in [4.78, 5) is 0. The van der Waals surface area contributed by atoms with Crippen molar-refractivity contribution >= 4 is 0 Å². The van der Waals surface area contributed by atoms with Gasteiger partial charge in [0.05, 0.1) is 0 Å². The highest BCUT2D eigenvalue weighted by atomic mass is 15.0. The minimum absolute atomic E-state index is 0.916. The van der Waals surface area contributed by atoms with Crippen molar-refractivity contribution in [2.75, 3.05) is 6.54 Å². The Morgan fingerprint density at radius 1 is 1.00 bits per heavy atom. The molecule has 0 amide bonds. The van der Waals surface area contributed by atoms with Crippen LogP contribution in [0.3, 0.4) is 0 Å². The van der Waals surface area contributed by atoms with E-state index in [9.17, 15) is 0 Å². The fourth-order valence-electron chi connectivity index (χ4n) is 2.28. The molecule has 0 spiro atoms. The smallest absolute Gasteiger partial charge is 0.00958 e. The van der Waals surface area contributed by atoms with Crippen LogP contribution in [0.2, 0.25) is 0 Å². The Bertz CT molecular complexity index is 99.4. The molecule has 1 aliphatic carbocycles. The zero-order valence-electron chi connectivity index (χ0n) is 7.31. The predicted molar refractivity (Wildman–Crippen MR) is 49.6 cm³/mol. The van der Waals surface area contributed by atoms with Crippen LogP contribution in [-0.2, 0) is 0 Å². The average Bonchev–Trinajstić information content (AvgIpc) is 2.55. The predicted octanol–water partition coefficient (Wildman–Crippen LogP) is 2.34. The van der Waals surface area contributed by atoms with E-state index in [1.165, 1.54) is 38.6 Å². The molecule has 1 N–H and O–H groups in total. The Hall–Kier alpha value is -0.300. The molecular weight excluding hydrogens is 134 g/mol. The third kappa shape index (κ3) is 2.06. The van der Waals surface area contributed by atoms with Gasteiger partial charge in [0.25, 0.3) is 0 Å². The molecule has 0 bridgehead atoms. The highest BCUT2D eigenvalue weighted by molar-refractivity contribution is 4.86. The lowest BCUT2D eigenvalue weighted by atomic mass is 9.86. The normalized spacial score (nSPS) is 35.3. The third-order valence-corrected chi connectivity index (χ3v) is 2.83. The highest BCUT2D eigenvalue weighted by Crippen LogP contribution is 2.29. The number of nitrogens with one attached hydrogen (secondary N) is 1. The standard InChI is InChI=1S/C8H15N.C2H4/c1-2-4-8-7(3-1)5-6-9-8;1-2/h7-9H,1-6H2;1-2H2. The van der Waals surface area contributed by atoms with Gasteiger partial charge in [-0.15, -0.1) is 13.2 Å². The van der Waals surface area contributed by atoms with Gasteiger partial charge in [0.15, 0.2) is 0 Å². The van der Waals surface area contributed by atoms with E-state index in [4.69, 9.17) is 0 Å². The van der Waals surface area contributed by atoms with Crippen molar-refractivity contribution in [3.05, 3.63) is 13.2 Å². The van der Waals surface area contributed by atoms with Gasteiger partial charge in [-0.25, -0.2) is 0 Å². The molecule has 0 aromatic carbocycles. The molecular formula is C10H19N. The van der Waals surface area contributed by atoms with Gasteiger partial charge in [0.1, 0.15) is 0 Å². The van der Waals surface area contributed by atoms with Gasteiger partial charge in [-0.1, -0.05) is 12.8 Å². The summed E-state index contributed by atoms with van der Waals surface area (Å²) in [5.74, 6) is 1.05. The first-order chi connectivity index (χ1) is 5.47. The van der Waals surface area contributed by atoms with Crippen LogP contribution >= 0.6 is 0 Å². The zero-order valence-corrected chi connectivity index (χ0v) is 7.31. The minimum atomic E-state index is 0.916. The van der Waals surface area contributed by atoms with Gasteiger partial charge in [-0.05, 0) is 31.7 Å².